The molecule has 2 aliphatic rings. The van der Waals surface area contributed by atoms with E-state index < -0.39 is 0 Å². The van der Waals surface area contributed by atoms with E-state index in [9.17, 15) is 0 Å². The SMILES string of the molecule is CCNC(=NCCCn1cccn1)NC1CC1C1CCCCC1. The standard InChI is InChI=1S/C18H31N5/c1-2-19-18(20-10-6-12-23-13-7-11-21-23)22-17-14-16(17)15-8-4-3-5-9-15/h7,11,13,15-17H,2-6,8-10,12,14H2,1H3,(H2,19,20,22). The molecule has 1 heterocycles. The number of hydrogen-bond donors (Lipinski definition) is 2. The summed E-state index contributed by atoms with van der Waals surface area (Å²) in [5, 5.41) is 11.3. The monoisotopic (exact) mass is 317 g/mol. The van der Waals surface area contributed by atoms with Gasteiger partial charge in [0.2, 0.25) is 0 Å². The zero-order valence-corrected chi connectivity index (χ0v) is 14.4. The van der Waals surface area contributed by atoms with Crippen LogP contribution < -0.4 is 10.6 Å². The van der Waals surface area contributed by atoms with E-state index in [-0.39, 0.29) is 0 Å². The maximum Gasteiger partial charge on any atom is 0.191 e. The van der Waals surface area contributed by atoms with Gasteiger partial charge in [-0.15, -0.1) is 0 Å². The van der Waals surface area contributed by atoms with E-state index >= 15 is 0 Å². The molecule has 2 atom stereocenters. The van der Waals surface area contributed by atoms with Gasteiger partial charge in [0.05, 0.1) is 0 Å². The van der Waals surface area contributed by atoms with E-state index in [0.29, 0.717) is 6.04 Å². The molecule has 5 heteroatoms. The van der Waals surface area contributed by atoms with Gasteiger partial charge in [0.1, 0.15) is 0 Å². The fourth-order valence-electron chi connectivity index (χ4n) is 3.82. The highest BCUT2D eigenvalue weighted by Crippen LogP contribution is 2.44. The second-order valence-corrected chi connectivity index (χ2v) is 6.93. The summed E-state index contributed by atoms with van der Waals surface area (Å²) in [6.45, 7) is 4.83. The van der Waals surface area contributed by atoms with Gasteiger partial charge in [-0.2, -0.15) is 5.10 Å². The number of aromatic nitrogens is 2. The molecule has 1 aromatic rings. The van der Waals surface area contributed by atoms with Crippen molar-refractivity contribution in [3.63, 3.8) is 0 Å². The zero-order valence-electron chi connectivity index (χ0n) is 14.4. The lowest BCUT2D eigenvalue weighted by Crippen LogP contribution is -2.39. The van der Waals surface area contributed by atoms with Crippen LogP contribution in [0, 0.1) is 11.8 Å². The van der Waals surface area contributed by atoms with Gasteiger partial charge in [-0.05, 0) is 37.7 Å². The van der Waals surface area contributed by atoms with Crippen molar-refractivity contribution >= 4 is 5.96 Å². The summed E-state index contributed by atoms with van der Waals surface area (Å²) >= 11 is 0. The first-order valence-corrected chi connectivity index (χ1v) is 9.39. The largest absolute Gasteiger partial charge is 0.357 e. The van der Waals surface area contributed by atoms with Crippen molar-refractivity contribution in [1.29, 1.82) is 0 Å². The Morgan fingerprint density at radius 3 is 2.91 bits per heavy atom. The van der Waals surface area contributed by atoms with Gasteiger partial charge < -0.3 is 10.6 Å². The predicted octanol–water partition coefficient (Wildman–Crippen LogP) is 2.80. The van der Waals surface area contributed by atoms with E-state index in [0.717, 1.165) is 43.9 Å². The summed E-state index contributed by atoms with van der Waals surface area (Å²) in [7, 11) is 0. The van der Waals surface area contributed by atoms with Crippen LogP contribution in [0.4, 0.5) is 0 Å². The minimum absolute atomic E-state index is 0.655. The maximum atomic E-state index is 4.73. The summed E-state index contributed by atoms with van der Waals surface area (Å²) in [6.07, 6.45) is 13.4. The molecule has 23 heavy (non-hydrogen) atoms. The summed E-state index contributed by atoms with van der Waals surface area (Å²) in [5.41, 5.74) is 0. The highest BCUT2D eigenvalue weighted by Gasteiger charge is 2.43. The van der Waals surface area contributed by atoms with Crippen LogP contribution >= 0.6 is 0 Å². The summed E-state index contributed by atoms with van der Waals surface area (Å²) in [5.74, 6) is 2.85. The number of aryl methyl sites for hydroxylation is 1. The Labute approximate surface area is 139 Å². The average Bonchev–Trinajstić information content (AvgIpc) is 3.14. The first kappa shape index (κ1) is 16.3. The highest BCUT2D eigenvalue weighted by atomic mass is 15.3. The van der Waals surface area contributed by atoms with Crippen LogP contribution in [-0.4, -0.2) is 34.9 Å². The first-order chi connectivity index (χ1) is 11.4. The minimum Gasteiger partial charge on any atom is -0.357 e. The van der Waals surface area contributed by atoms with E-state index in [1.807, 2.05) is 23.1 Å². The van der Waals surface area contributed by atoms with Crippen LogP contribution in [0.2, 0.25) is 0 Å². The molecule has 3 rings (SSSR count). The van der Waals surface area contributed by atoms with Crippen LogP contribution in [0.5, 0.6) is 0 Å². The molecule has 2 saturated carbocycles. The van der Waals surface area contributed by atoms with Gasteiger partial charge in [0.25, 0.3) is 0 Å². The Bertz CT molecular complexity index is 476. The molecule has 5 nitrogen and oxygen atoms in total. The lowest BCUT2D eigenvalue weighted by Gasteiger charge is -2.22. The molecule has 0 aromatic carbocycles. The normalized spacial score (nSPS) is 25.3. The van der Waals surface area contributed by atoms with Gasteiger partial charge in [-0.1, -0.05) is 32.1 Å². The average molecular weight is 317 g/mol. The van der Waals surface area contributed by atoms with Crippen molar-refractivity contribution in [2.45, 2.75) is 64.5 Å². The molecule has 2 unspecified atom stereocenters. The highest BCUT2D eigenvalue weighted by molar-refractivity contribution is 5.80. The molecule has 1 aromatic heterocycles. The number of hydrogen-bond acceptors (Lipinski definition) is 2. The lowest BCUT2D eigenvalue weighted by molar-refractivity contribution is 0.315. The van der Waals surface area contributed by atoms with Crippen molar-refractivity contribution in [2.75, 3.05) is 13.1 Å². The van der Waals surface area contributed by atoms with Crippen molar-refractivity contribution in [3.05, 3.63) is 18.5 Å². The van der Waals surface area contributed by atoms with Crippen molar-refractivity contribution < 1.29 is 0 Å². The number of nitrogens with zero attached hydrogens (tertiary/aromatic N) is 3. The third-order valence-electron chi connectivity index (χ3n) is 5.14. The first-order valence-electron chi connectivity index (χ1n) is 9.39. The van der Waals surface area contributed by atoms with Gasteiger partial charge >= 0.3 is 0 Å². The molecule has 0 saturated heterocycles. The molecule has 2 fully saturated rings. The molecular weight excluding hydrogens is 286 g/mol. The molecule has 2 N–H and O–H groups in total. The van der Waals surface area contributed by atoms with Gasteiger partial charge in [0, 0.05) is 38.1 Å². The Kier molecular flexibility index (Phi) is 5.94. The van der Waals surface area contributed by atoms with Crippen LogP contribution in [0.3, 0.4) is 0 Å². The Hall–Kier alpha value is -1.52. The van der Waals surface area contributed by atoms with Crippen LogP contribution in [0.1, 0.15) is 51.9 Å². The molecule has 0 amide bonds. The maximum absolute atomic E-state index is 4.73. The summed E-state index contributed by atoms with van der Waals surface area (Å²) < 4.78 is 1.97. The van der Waals surface area contributed by atoms with Crippen LogP contribution in [-0.2, 0) is 6.54 Å². The molecule has 128 valence electrons. The fourth-order valence-corrected chi connectivity index (χ4v) is 3.82. The van der Waals surface area contributed by atoms with E-state index in [2.05, 4.69) is 22.7 Å². The minimum atomic E-state index is 0.655. The summed E-state index contributed by atoms with van der Waals surface area (Å²) in [4.78, 5) is 4.73. The van der Waals surface area contributed by atoms with Crippen LogP contribution in [0.15, 0.2) is 23.5 Å². The fraction of sp³-hybridized carbons (Fsp3) is 0.778. The molecule has 0 radical (unpaired) electrons. The zero-order chi connectivity index (χ0) is 15.9. The van der Waals surface area contributed by atoms with Gasteiger partial charge in [-0.3, -0.25) is 9.67 Å². The quantitative estimate of drug-likeness (QED) is 0.462. The molecule has 2 aliphatic carbocycles. The predicted molar refractivity (Wildman–Crippen MR) is 94.4 cm³/mol. The van der Waals surface area contributed by atoms with E-state index in [4.69, 9.17) is 4.99 Å². The van der Waals surface area contributed by atoms with Gasteiger partial charge in [-0.25, -0.2) is 0 Å². The Balaban J connectivity index is 1.40. The van der Waals surface area contributed by atoms with E-state index in [1.165, 1.54) is 38.5 Å². The molecule has 0 aliphatic heterocycles. The smallest absolute Gasteiger partial charge is 0.191 e. The second-order valence-electron chi connectivity index (χ2n) is 6.93. The second kappa shape index (κ2) is 8.37. The van der Waals surface area contributed by atoms with Crippen LogP contribution in [0.25, 0.3) is 0 Å². The molecule has 0 spiro atoms. The third-order valence-corrected chi connectivity index (χ3v) is 5.14. The summed E-state index contributed by atoms with van der Waals surface area (Å²) in [6, 6.07) is 2.62. The van der Waals surface area contributed by atoms with Crippen molar-refractivity contribution in [1.82, 2.24) is 20.4 Å². The molecular formula is C18H31N5. The topological polar surface area (TPSA) is 54.2 Å². The number of aliphatic imine (C=N–C) groups is 1. The molecule has 0 bridgehead atoms. The number of guanidine groups is 1. The number of rotatable bonds is 7. The van der Waals surface area contributed by atoms with Crippen molar-refractivity contribution in [2.24, 2.45) is 16.8 Å². The van der Waals surface area contributed by atoms with Gasteiger partial charge in [0.15, 0.2) is 5.96 Å². The van der Waals surface area contributed by atoms with Crippen molar-refractivity contribution in [3.8, 4) is 0 Å². The number of nitrogens with one attached hydrogen (secondary N) is 2. The Morgan fingerprint density at radius 1 is 1.30 bits per heavy atom. The Morgan fingerprint density at radius 2 is 2.17 bits per heavy atom. The van der Waals surface area contributed by atoms with E-state index in [1.54, 1.807) is 0 Å². The third kappa shape index (κ3) is 4.98. The lowest BCUT2D eigenvalue weighted by atomic mass is 9.85.